The molecule has 364 valence electrons. The number of hydrogen-bond donors (Lipinski definition) is 0. The van der Waals surface area contributed by atoms with Gasteiger partial charge in [-0.2, -0.15) is 0 Å². The zero-order chi connectivity index (χ0) is 69.3. The van der Waals surface area contributed by atoms with E-state index in [1.54, 1.807) is 127 Å². The summed E-state index contributed by atoms with van der Waals surface area (Å²) in [4.78, 5) is 0. The highest BCUT2D eigenvalue weighted by molar-refractivity contribution is 5.64. The number of benzene rings is 4. The number of nitrogens with zero attached hydrogens (tertiary/aromatic N) is 4. The number of pyridine rings is 4. The third-order valence-electron chi connectivity index (χ3n) is 12.4. The second-order valence-electron chi connectivity index (χ2n) is 18.4. The number of aryl methyl sites for hydroxylation is 15. The third-order valence-corrected chi connectivity index (χ3v) is 12.4. The maximum absolute atomic E-state index is 8.20. The predicted octanol–water partition coefficient (Wildman–Crippen LogP) is 14.6. The van der Waals surface area contributed by atoms with Crippen LogP contribution in [0.25, 0.3) is 45.0 Å². The van der Waals surface area contributed by atoms with E-state index in [-0.39, 0.29) is 22.3 Å². The molecule has 4 aromatic heterocycles. The van der Waals surface area contributed by atoms with Crippen molar-refractivity contribution in [1.29, 1.82) is 0 Å². The van der Waals surface area contributed by atoms with Gasteiger partial charge in [0.05, 0.1) is 0 Å². The van der Waals surface area contributed by atoms with Crippen LogP contribution in [0.2, 0.25) is 0 Å². The van der Waals surface area contributed by atoms with Crippen LogP contribution in [0.3, 0.4) is 0 Å². The van der Waals surface area contributed by atoms with Crippen LogP contribution in [0.1, 0.15) is 147 Å². The molecular formula is C66H84N4+4. The lowest BCUT2D eigenvalue weighted by Crippen LogP contribution is -2.31. The summed E-state index contributed by atoms with van der Waals surface area (Å²) in [7, 11) is 7.41. The van der Waals surface area contributed by atoms with E-state index in [1.807, 2.05) is 13.8 Å². The third kappa shape index (κ3) is 14.1. The predicted molar refractivity (Wildman–Crippen MR) is 297 cm³/mol. The molecule has 1 unspecified atom stereocenters. The van der Waals surface area contributed by atoms with E-state index in [0.717, 1.165) is 44.9 Å². The number of hydrogen-bond acceptors (Lipinski definition) is 0. The summed E-state index contributed by atoms with van der Waals surface area (Å²) in [6.07, 6.45) is 4.47. The first-order chi connectivity index (χ1) is 41.4. The monoisotopic (exact) mass is 954 g/mol. The van der Waals surface area contributed by atoms with Gasteiger partial charge in [-0.1, -0.05) is 88.6 Å². The van der Waals surface area contributed by atoms with Gasteiger partial charge in [-0.05, 0) is 174 Å². The fraction of sp³-hybridized carbons (Fsp3) is 0.333. The summed E-state index contributed by atoms with van der Waals surface area (Å²) in [5, 5.41) is 0. The molecule has 4 heterocycles. The van der Waals surface area contributed by atoms with E-state index >= 15 is 0 Å². The smallest absolute Gasteiger partial charge is 0.201 e. The van der Waals surface area contributed by atoms with Crippen LogP contribution in [-0.2, 0) is 34.6 Å². The fourth-order valence-electron chi connectivity index (χ4n) is 8.31. The Balaban J connectivity index is 0.000000222. The molecule has 4 nitrogen and oxygen atoms in total. The molecule has 4 aromatic carbocycles. The van der Waals surface area contributed by atoms with Crippen molar-refractivity contribution in [3.8, 4) is 45.0 Å². The van der Waals surface area contributed by atoms with Crippen molar-refractivity contribution in [3.63, 3.8) is 0 Å². The molecule has 0 saturated heterocycles. The molecule has 70 heavy (non-hydrogen) atoms. The normalized spacial score (nSPS) is 17.4. The number of aromatic nitrogens is 4. The van der Waals surface area contributed by atoms with E-state index in [4.69, 9.17) is 28.8 Å². The van der Waals surface area contributed by atoms with Crippen LogP contribution in [0.4, 0.5) is 0 Å². The lowest BCUT2D eigenvalue weighted by Gasteiger charge is -2.11. The minimum Gasteiger partial charge on any atom is -0.201 e. The van der Waals surface area contributed by atoms with Crippen LogP contribution in [0.15, 0.2) is 140 Å². The minimum absolute atomic E-state index is 0.0931. The molecule has 0 saturated carbocycles. The largest absolute Gasteiger partial charge is 0.212 e. The molecule has 0 aliphatic heterocycles. The molecule has 8 rings (SSSR count). The zero-order valence-corrected chi connectivity index (χ0v) is 43.1. The average Bonchev–Trinajstić information content (AvgIpc) is 0.803. The quantitative estimate of drug-likeness (QED) is 0.142. The SMILES string of the molecule is Cc1cc(-c2ccc(C(C)C)cc2C)[n+](C)cc1C.[2H]C([2H])([2H])c1ccc(-c2ccc(C([2H])(C)C([2H])([2H])[2H])cc2C)[n+](C)c1.[2H]C([2H])([2H])c1ccc(-c2ccc(C([2H])([2H])C([2H])([2H])[2H])cc2C)[n+](C)c1.[2H]C([2H])([2H])c1ccc(-c2ccc(C([2H])([2H])[2H])c[n+]2C)c(C)c1. The molecule has 0 fully saturated rings. The molecule has 1 atom stereocenters. The van der Waals surface area contributed by atoms with Gasteiger partial charge in [0.2, 0.25) is 22.8 Å². The van der Waals surface area contributed by atoms with Crippen LogP contribution in [0, 0.1) is 68.9 Å². The molecule has 4 heteroatoms. The Bertz CT molecular complexity index is 3710. The van der Waals surface area contributed by atoms with Crippen molar-refractivity contribution in [1.82, 2.24) is 0 Å². The summed E-state index contributed by atoms with van der Waals surface area (Å²) in [6, 6.07) is 33.8. The van der Waals surface area contributed by atoms with Crippen molar-refractivity contribution in [2.24, 2.45) is 28.2 Å². The van der Waals surface area contributed by atoms with Crippen LogP contribution >= 0.6 is 0 Å². The van der Waals surface area contributed by atoms with Gasteiger partial charge in [0.1, 0.15) is 28.2 Å². The van der Waals surface area contributed by atoms with Gasteiger partial charge in [-0.3, -0.25) is 0 Å². The first-order valence-corrected chi connectivity index (χ1v) is 23.3. The highest BCUT2D eigenvalue weighted by Gasteiger charge is 2.17. The summed E-state index contributed by atoms with van der Waals surface area (Å²) in [6.45, 7) is 4.08. The van der Waals surface area contributed by atoms with E-state index in [0.29, 0.717) is 22.6 Å². The Labute approximate surface area is 453 Å². The van der Waals surface area contributed by atoms with Gasteiger partial charge in [0.25, 0.3) is 0 Å². The topological polar surface area (TPSA) is 15.5 Å². The molecule has 0 aliphatic rings. The first kappa shape index (κ1) is 31.7. The molecule has 8 aromatic rings. The van der Waals surface area contributed by atoms with Gasteiger partial charge < -0.3 is 0 Å². The van der Waals surface area contributed by atoms with Crippen molar-refractivity contribution < 1.29 is 47.1 Å². The van der Waals surface area contributed by atoms with Crippen LogP contribution in [0.5, 0.6) is 0 Å². The summed E-state index contributed by atoms with van der Waals surface area (Å²) >= 11 is 0. The van der Waals surface area contributed by atoms with Gasteiger partial charge in [-0.15, -0.1) is 0 Å². The van der Waals surface area contributed by atoms with E-state index in [1.165, 1.54) is 64.8 Å². The molecule has 0 amide bonds. The Morgan fingerprint density at radius 2 is 0.829 bits per heavy atom. The molecule has 0 aliphatic carbocycles. The lowest BCUT2D eigenvalue weighted by molar-refractivity contribution is -0.660. The van der Waals surface area contributed by atoms with Crippen LogP contribution in [-0.4, -0.2) is 0 Å². The van der Waals surface area contributed by atoms with E-state index in [2.05, 4.69) is 76.7 Å². The Kier molecular flexibility index (Phi) is 11.0. The van der Waals surface area contributed by atoms with Gasteiger partial charge in [0, 0.05) is 97.6 Å². The van der Waals surface area contributed by atoms with Gasteiger partial charge in [-0.25, -0.2) is 18.3 Å². The molecule has 0 radical (unpaired) electrons. The standard InChI is InChI=1S/C18H24N.C17H22N.C16H20N.C15H18N/c1-12(2)16-7-8-17(14(4)9-16)18-10-13(3)15(5)11-19(18)6;1-12(2)15-7-8-16(14(4)10-15)17-9-6-13(3)11-18(17)5;1-5-14-7-8-15(13(3)10-14)16-9-6-12(2)11-17(16)4;1-11-5-7-14(13(3)9-11)15-8-6-12(2)10-16(15)4/h7-12H,1-6H3;6-12H,1-5H3;6-11H,5H2,1-4H3;5-10H,1-4H3/q4*+1/i;1D3,3D3,12D;1D3,2D3,5D2;1D3,2D3. The Hall–Kier alpha value is -6.52. The van der Waals surface area contributed by atoms with Crippen LogP contribution < -0.4 is 18.3 Å². The molecular weight excluding hydrogens is 849 g/mol. The highest BCUT2D eigenvalue weighted by Crippen LogP contribution is 2.28. The maximum atomic E-state index is 8.20. The second-order valence-corrected chi connectivity index (χ2v) is 18.4. The lowest BCUT2D eigenvalue weighted by atomic mass is 9.95. The summed E-state index contributed by atoms with van der Waals surface area (Å²) in [5.41, 5.74) is 17.0. The van der Waals surface area contributed by atoms with Crippen molar-refractivity contribution in [2.75, 3.05) is 0 Å². The van der Waals surface area contributed by atoms with E-state index in [9.17, 15) is 0 Å². The highest BCUT2D eigenvalue weighted by atomic mass is 14.9. The fourth-order valence-corrected chi connectivity index (χ4v) is 8.31. The van der Waals surface area contributed by atoms with Crippen molar-refractivity contribution >= 4 is 0 Å². The molecule has 0 bridgehead atoms. The second kappa shape index (κ2) is 24.4. The minimum atomic E-state index is -2.76. The number of rotatable bonds is 7. The Morgan fingerprint density at radius 3 is 1.26 bits per heavy atom. The van der Waals surface area contributed by atoms with Gasteiger partial charge >= 0.3 is 0 Å². The average molecular weight is 955 g/mol. The molecule has 0 N–H and O–H groups in total. The van der Waals surface area contributed by atoms with Crippen molar-refractivity contribution in [3.05, 3.63) is 212 Å². The van der Waals surface area contributed by atoms with E-state index < -0.39 is 53.4 Å². The van der Waals surface area contributed by atoms with Gasteiger partial charge in [0.15, 0.2) is 24.8 Å². The maximum Gasteiger partial charge on any atom is 0.212 e. The van der Waals surface area contributed by atoms with Crippen molar-refractivity contribution in [2.45, 2.75) is 122 Å². The summed E-state index contributed by atoms with van der Waals surface area (Å²) in [5.74, 6) is -1.11. The molecule has 0 spiro atoms. The Morgan fingerprint density at radius 1 is 0.414 bits per heavy atom. The summed E-state index contributed by atoms with van der Waals surface area (Å²) < 4.78 is 166. The zero-order valence-electron chi connectivity index (χ0n) is 64.1. The first-order valence-electron chi connectivity index (χ1n) is 33.8.